The fourth-order valence-electron chi connectivity index (χ4n) is 0.985. The number of urea groups is 1. The minimum Gasteiger partial charge on any atom is -0.481 e. The van der Waals surface area contributed by atoms with Crippen molar-refractivity contribution in [3.8, 4) is 0 Å². The Morgan fingerprint density at radius 3 is 2.56 bits per heavy atom. The molecule has 0 radical (unpaired) electrons. The van der Waals surface area contributed by atoms with Gasteiger partial charge in [-0.25, -0.2) is 4.79 Å². The van der Waals surface area contributed by atoms with Crippen LogP contribution in [0.15, 0.2) is 0 Å². The summed E-state index contributed by atoms with van der Waals surface area (Å²) < 4.78 is 0. The zero-order valence-corrected chi connectivity index (χ0v) is 10.4. The summed E-state index contributed by atoms with van der Waals surface area (Å²) in [6.07, 6.45) is 0.134. The van der Waals surface area contributed by atoms with Gasteiger partial charge >= 0.3 is 12.0 Å². The lowest BCUT2D eigenvalue weighted by molar-refractivity contribution is -0.138. The highest BCUT2D eigenvalue weighted by Gasteiger charge is 2.11. The van der Waals surface area contributed by atoms with Crippen molar-refractivity contribution < 1.29 is 19.5 Å². The number of amides is 3. The third-order valence-corrected chi connectivity index (χ3v) is 2.79. The van der Waals surface area contributed by atoms with E-state index in [0.29, 0.717) is 6.42 Å². The van der Waals surface area contributed by atoms with Crippen LogP contribution in [-0.2, 0) is 16.0 Å². The second kappa shape index (κ2) is 6.64. The molecule has 1 heterocycles. The third kappa shape index (κ3) is 4.87. The molecule has 98 valence electrons. The fourth-order valence-corrected chi connectivity index (χ4v) is 1.66. The highest BCUT2D eigenvalue weighted by Crippen LogP contribution is 2.14. The van der Waals surface area contributed by atoms with E-state index < -0.39 is 17.9 Å². The Balaban J connectivity index is 2.37. The van der Waals surface area contributed by atoms with Gasteiger partial charge in [0, 0.05) is 6.42 Å². The summed E-state index contributed by atoms with van der Waals surface area (Å²) >= 11 is 1.21. The number of aryl methyl sites for hydroxylation is 1. The maximum absolute atomic E-state index is 11.3. The summed E-state index contributed by atoms with van der Waals surface area (Å²) in [5.41, 5.74) is 0. The Morgan fingerprint density at radius 2 is 2.00 bits per heavy atom. The number of nitrogens with one attached hydrogen (secondary N) is 2. The fraction of sp³-hybridized carbons (Fsp3) is 0.444. The molecule has 0 atom stereocenters. The van der Waals surface area contributed by atoms with Crippen molar-refractivity contribution in [2.45, 2.75) is 26.2 Å². The molecule has 1 aromatic rings. The summed E-state index contributed by atoms with van der Waals surface area (Å²) in [7, 11) is 0. The molecule has 8 nitrogen and oxygen atoms in total. The summed E-state index contributed by atoms with van der Waals surface area (Å²) in [5.74, 6) is -1.75. The van der Waals surface area contributed by atoms with E-state index in [0.717, 1.165) is 5.01 Å². The number of hydrogen-bond acceptors (Lipinski definition) is 6. The van der Waals surface area contributed by atoms with Gasteiger partial charge in [-0.3, -0.25) is 20.2 Å². The number of imide groups is 1. The topological polar surface area (TPSA) is 121 Å². The van der Waals surface area contributed by atoms with Crippen molar-refractivity contribution in [3.63, 3.8) is 0 Å². The van der Waals surface area contributed by atoms with Crippen LogP contribution in [-0.4, -0.2) is 33.2 Å². The Hall–Kier alpha value is -2.03. The zero-order valence-electron chi connectivity index (χ0n) is 9.60. The lowest BCUT2D eigenvalue weighted by atomic mass is 10.3. The van der Waals surface area contributed by atoms with Gasteiger partial charge in [0.15, 0.2) is 0 Å². The third-order valence-electron chi connectivity index (χ3n) is 1.81. The molecular weight excluding hydrogens is 260 g/mol. The van der Waals surface area contributed by atoms with Crippen LogP contribution in [0.2, 0.25) is 0 Å². The van der Waals surface area contributed by atoms with Crippen molar-refractivity contribution in [2.75, 3.05) is 5.32 Å². The number of hydrogen-bond donors (Lipinski definition) is 3. The van der Waals surface area contributed by atoms with Crippen LogP contribution in [0.5, 0.6) is 0 Å². The first-order valence-corrected chi connectivity index (χ1v) is 5.98. The molecule has 0 aliphatic heterocycles. The van der Waals surface area contributed by atoms with E-state index in [2.05, 4.69) is 15.5 Å². The number of carboxylic acids is 1. The molecule has 0 aromatic carbocycles. The van der Waals surface area contributed by atoms with Gasteiger partial charge in [0.2, 0.25) is 11.0 Å². The van der Waals surface area contributed by atoms with E-state index in [1.807, 2.05) is 12.2 Å². The number of anilines is 1. The number of nitrogens with zero attached hydrogens (tertiary/aromatic N) is 2. The molecular formula is C9H12N4O4S. The Morgan fingerprint density at radius 1 is 1.28 bits per heavy atom. The molecule has 0 aliphatic rings. The lowest BCUT2D eigenvalue weighted by Gasteiger charge is -2.02. The summed E-state index contributed by atoms with van der Waals surface area (Å²) in [5, 5.41) is 21.2. The molecule has 0 fully saturated rings. The average molecular weight is 272 g/mol. The van der Waals surface area contributed by atoms with E-state index in [4.69, 9.17) is 5.11 Å². The lowest BCUT2D eigenvalue weighted by Crippen LogP contribution is -2.34. The van der Waals surface area contributed by atoms with Gasteiger partial charge in [-0.2, -0.15) is 0 Å². The van der Waals surface area contributed by atoms with Gasteiger partial charge in [-0.05, 0) is 6.42 Å². The first kappa shape index (κ1) is 14.0. The van der Waals surface area contributed by atoms with Crippen LogP contribution in [0.1, 0.15) is 24.8 Å². The van der Waals surface area contributed by atoms with Crippen molar-refractivity contribution in [2.24, 2.45) is 0 Å². The first-order valence-electron chi connectivity index (χ1n) is 5.16. The molecule has 0 aliphatic carbocycles. The minimum atomic E-state index is -1.10. The van der Waals surface area contributed by atoms with Crippen molar-refractivity contribution in [1.29, 1.82) is 0 Å². The Bertz CT molecular complexity index is 459. The van der Waals surface area contributed by atoms with Crippen LogP contribution in [0, 0.1) is 0 Å². The normalized spacial score (nSPS) is 9.83. The molecule has 0 bridgehead atoms. The summed E-state index contributed by atoms with van der Waals surface area (Å²) in [6.45, 7) is 1.90. The summed E-state index contributed by atoms with van der Waals surface area (Å²) in [4.78, 5) is 32.7. The number of aliphatic carboxylic acids is 1. The Labute approximate surface area is 106 Å². The maximum atomic E-state index is 11.3. The second-order valence-electron chi connectivity index (χ2n) is 3.25. The quantitative estimate of drug-likeness (QED) is 0.722. The largest absolute Gasteiger partial charge is 0.481 e. The smallest absolute Gasteiger partial charge is 0.327 e. The summed E-state index contributed by atoms with van der Waals surface area (Å²) in [6, 6.07) is -0.746. The van der Waals surface area contributed by atoms with Crippen LogP contribution in [0.25, 0.3) is 0 Å². The average Bonchev–Trinajstić information content (AvgIpc) is 2.73. The van der Waals surface area contributed by atoms with Crippen molar-refractivity contribution in [1.82, 2.24) is 15.5 Å². The molecule has 0 unspecified atom stereocenters. The monoisotopic (exact) mass is 272 g/mol. The van der Waals surface area contributed by atoms with Gasteiger partial charge in [-0.1, -0.05) is 18.3 Å². The van der Waals surface area contributed by atoms with Crippen molar-refractivity contribution >= 4 is 34.4 Å². The molecule has 1 aromatic heterocycles. The maximum Gasteiger partial charge on any atom is 0.327 e. The van der Waals surface area contributed by atoms with Gasteiger partial charge in [0.1, 0.15) is 5.01 Å². The standard InChI is InChI=1S/C9H12N4O4S/c1-2-6-12-13-9(18-6)11-8(17)10-5(14)3-4-7(15)16/h2-4H2,1H3,(H,15,16)(H2,10,11,13,14,17). The number of rotatable bonds is 5. The Kier molecular flexibility index (Phi) is 5.18. The highest BCUT2D eigenvalue weighted by molar-refractivity contribution is 7.15. The van der Waals surface area contributed by atoms with Crippen LogP contribution >= 0.6 is 11.3 Å². The van der Waals surface area contributed by atoms with E-state index in [9.17, 15) is 14.4 Å². The van der Waals surface area contributed by atoms with Crippen LogP contribution < -0.4 is 10.6 Å². The first-order chi connectivity index (χ1) is 8.51. The van der Waals surface area contributed by atoms with Gasteiger partial charge in [-0.15, -0.1) is 10.2 Å². The SMILES string of the molecule is CCc1nnc(NC(=O)NC(=O)CCC(=O)O)s1. The number of carboxylic acid groups (broad SMARTS) is 1. The van der Waals surface area contributed by atoms with Gasteiger partial charge in [0.25, 0.3) is 0 Å². The molecule has 9 heteroatoms. The molecule has 0 spiro atoms. The van der Waals surface area contributed by atoms with Crippen LogP contribution in [0.3, 0.4) is 0 Å². The van der Waals surface area contributed by atoms with Gasteiger partial charge in [0.05, 0.1) is 6.42 Å². The number of carbonyl (C=O) groups is 3. The van der Waals surface area contributed by atoms with Crippen molar-refractivity contribution in [3.05, 3.63) is 5.01 Å². The number of aromatic nitrogens is 2. The molecule has 0 saturated carbocycles. The predicted molar refractivity (Wildman–Crippen MR) is 63.3 cm³/mol. The minimum absolute atomic E-state index is 0.251. The predicted octanol–water partition coefficient (Wildman–Crippen LogP) is 0.613. The molecule has 18 heavy (non-hydrogen) atoms. The van der Waals surface area contributed by atoms with Gasteiger partial charge < -0.3 is 5.11 Å². The molecule has 1 rings (SSSR count). The highest BCUT2D eigenvalue weighted by atomic mass is 32.1. The van der Waals surface area contributed by atoms with E-state index >= 15 is 0 Å². The molecule has 0 saturated heterocycles. The second-order valence-corrected chi connectivity index (χ2v) is 4.31. The zero-order chi connectivity index (χ0) is 13.5. The van der Waals surface area contributed by atoms with E-state index in [1.165, 1.54) is 11.3 Å². The number of carbonyl (C=O) groups excluding carboxylic acids is 2. The van der Waals surface area contributed by atoms with E-state index in [1.54, 1.807) is 0 Å². The molecule has 3 amide bonds. The molecule has 3 N–H and O–H groups in total. The van der Waals surface area contributed by atoms with Crippen LogP contribution in [0.4, 0.5) is 9.93 Å². The van der Waals surface area contributed by atoms with E-state index in [-0.39, 0.29) is 18.0 Å².